The topological polar surface area (TPSA) is 17.0 Å². The first-order valence-corrected chi connectivity index (χ1v) is 7.62. The van der Waals surface area contributed by atoms with Gasteiger partial charge in [-0.3, -0.25) is 0 Å². The molecule has 0 saturated heterocycles. The molecule has 20 heavy (non-hydrogen) atoms. The molecule has 1 N–H and O–H groups in total. The minimum Gasteiger partial charge on any atom is -0.354 e. The van der Waals surface area contributed by atoms with Gasteiger partial charge in [0.1, 0.15) is 0 Å². The molecule has 1 unspecified atom stereocenters. The quantitative estimate of drug-likeness (QED) is 0.790. The number of rotatable bonds is 7. The minimum atomic E-state index is 0.432. The van der Waals surface area contributed by atoms with Crippen molar-refractivity contribution in [3.63, 3.8) is 0 Å². The van der Waals surface area contributed by atoms with Crippen LogP contribution < -0.4 is 5.32 Å². The standard InChI is InChI=1S/C18H26N2/c1-4-20-11-10-16(14-20)13-19-18(12-15(2)3)17-8-6-5-7-9-17/h5-11,14-15,18-19H,4,12-13H2,1-3H3. The third kappa shape index (κ3) is 4.24. The van der Waals surface area contributed by atoms with Crippen LogP contribution in [0.5, 0.6) is 0 Å². The van der Waals surface area contributed by atoms with Crippen molar-refractivity contribution in [2.45, 2.75) is 46.3 Å². The van der Waals surface area contributed by atoms with E-state index in [0.29, 0.717) is 12.0 Å². The van der Waals surface area contributed by atoms with Crippen molar-refractivity contribution < 1.29 is 0 Å². The Bertz CT molecular complexity index is 499. The molecule has 0 saturated carbocycles. The first-order valence-electron chi connectivity index (χ1n) is 7.62. The zero-order valence-corrected chi connectivity index (χ0v) is 12.8. The largest absolute Gasteiger partial charge is 0.354 e. The van der Waals surface area contributed by atoms with Gasteiger partial charge in [-0.1, -0.05) is 44.2 Å². The Morgan fingerprint density at radius 2 is 1.85 bits per heavy atom. The molecule has 2 rings (SSSR count). The van der Waals surface area contributed by atoms with Gasteiger partial charge in [-0.15, -0.1) is 0 Å². The molecule has 0 aliphatic rings. The highest BCUT2D eigenvalue weighted by Gasteiger charge is 2.12. The van der Waals surface area contributed by atoms with Crippen LogP contribution in [0.3, 0.4) is 0 Å². The lowest BCUT2D eigenvalue weighted by atomic mass is 9.97. The average Bonchev–Trinajstić information content (AvgIpc) is 2.92. The van der Waals surface area contributed by atoms with Gasteiger partial charge in [0.25, 0.3) is 0 Å². The van der Waals surface area contributed by atoms with Crippen molar-refractivity contribution in [1.29, 1.82) is 0 Å². The van der Waals surface area contributed by atoms with Gasteiger partial charge in [0.15, 0.2) is 0 Å². The molecular weight excluding hydrogens is 244 g/mol. The van der Waals surface area contributed by atoms with E-state index < -0.39 is 0 Å². The fourth-order valence-corrected chi connectivity index (χ4v) is 2.53. The van der Waals surface area contributed by atoms with Crippen LogP contribution in [0.2, 0.25) is 0 Å². The molecule has 1 aromatic carbocycles. The normalized spacial score (nSPS) is 12.8. The van der Waals surface area contributed by atoms with E-state index in [0.717, 1.165) is 13.1 Å². The molecule has 2 nitrogen and oxygen atoms in total. The Morgan fingerprint density at radius 1 is 1.10 bits per heavy atom. The molecular formula is C18H26N2. The number of aromatic nitrogens is 1. The van der Waals surface area contributed by atoms with Gasteiger partial charge in [0.2, 0.25) is 0 Å². The predicted molar refractivity (Wildman–Crippen MR) is 85.6 cm³/mol. The Labute approximate surface area is 122 Å². The Kier molecular flexibility index (Phi) is 5.42. The van der Waals surface area contributed by atoms with Gasteiger partial charge in [0.05, 0.1) is 0 Å². The Hall–Kier alpha value is -1.54. The fraction of sp³-hybridized carbons (Fsp3) is 0.444. The van der Waals surface area contributed by atoms with E-state index in [1.165, 1.54) is 17.5 Å². The van der Waals surface area contributed by atoms with Crippen LogP contribution in [0, 0.1) is 5.92 Å². The number of aryl methyl sites for hydroxylation is 1. The summed E-state index contributed by atoms with van der Waals surface area (Å²) in [6.07, 6.45) is 5.54. The van der Waals surface area contributed by atoms with E-state index >= 15 is 0 Å². The number of nitrogens with one attached hydrogen (secondary N) is 1. The third-order valence-electron chi connectivity index (χ3n) is 3.64. The van der Waals surface area contributed by atoms with Crippen LogP contribution in [-0.4, -0.2) is 4.57 Å². The highest BCUT2D eigenvalue weighted by molar-refractivity contribution is 5.19. The number of hydrogen-bond acceptors (Lipinski definition) is 1. The number of benzene rings is 1. The van der Waals surface area contributed by atoms with E-state index in [2.05, 4.69) is 79.4 Å². The maximum Gasteiger partial charge on any atom is 0.0325 e. The molecule has 0 aliphatic carbocycles. The van der Waals surface area contributed by atoms with Crippen molar-refractivity contribution >= 4 is 0 Å². The van der Waals surface area contributed by atoms with Crippen LogP contribution in [0.25, 0.3) is 0 Å². The molecule has 0 aliphatic heterocycles. The second-order valence-corrected chi connectivity index (χ2v) is 5.82. The maximum atomic E-state index is 3.71. The highest BCUT2D eigenvalue weighted by atomic mass is 14.9. The summed E-state index contributed by atoms with van der Waals surface area (Å²) in [4.78, 5) is 0. The average molecular weight is 270 g/mol. The summed E-state index contributed by atoms with van der Waals surface area (Å²) in [5.74, 6) is 0.688. The lowest BCUT2D eigenvalue weighted by molar-refractivity contribution is 0.428. The van der Waals surface area contributed by atoms with Crippen molar-refractivity contribution in [3.05, 3.63) is 59.9 Å². The second-order valence-electron chi connectivity index (χ2n) is 5.82. The molecule has 1 heterocycles. The molecule has 1 atom stereocenters. The van der Waals surface area contributed by atoms with Gasteiger partial charge in [-0.05, 0) is 36.5 Å². The van der Waals surface area contributed by atoms with E-state index in [-0.39, 0.29) is 0 Å². The van der Waals surface area contributed by atoms with E-state index in [1.54, 1.807) is 0 Å². The van der Waals surface area contributed by atoms with Crippen LogP contribution in [-0.2, 0) is 13.1 Å². The summed E-state index contributed by atoms with van der Waals surface area (Å²) < 4.78 is 2.22. The zero-order chi connectivity index (χ0) is 14.4. The molecule has 0 amide bonds. The minimum absolute atomic E-state index is 0.432. The van der Waals surface area contributed by atoms with E-state index in [9.17, 15) is 0 Å². The summed E-state index contributed by atoms with van der Waals surface area (Å²) in [7, 11) is 0. The van der Waals surface area contributed by atoms with Gasteiger partial charge in [-0.25, -0.2) is 0 Å². The first-order chi connectivity index (χ1) is 9.69. The smallest absolute Gasteiger partial charge is 0.0325 e. The number of nitrogens with zero attached hydrogens (tertiary/aromatic N) is 1. The van der Waals surface area contributed by atoms with Crippen molar-refractivity contribution in [2.24, 2.45) is 5.92 Å². The predicted octanol–water partition coefficient (Wildman–Crippen LogP) is 4.39. The van der Waals surface area contributed by atoms with Crippen LogP contribution >= 0.6 is 0 Å². The van der Waals surface area contributed by atoms with E-state index in [4.69, 9.17) is 0 Å². The zero-order valence-electron chi connectivity index (χ0n) is 12.8. The van der Waals surface area contributed by atoms with Crippen LogP contribution in [0.1, 0.15) is 44.4 Å². The lowest BCUT2D eigenvalue weighted by Crippen LogP contribution is -2.22. The molecule has 0 fully saturated rings. The number of hydrogen-bond donors (Lipinski definition) is 1. The monoisotopic (exact) mass is 270 g/mol. The molecule has 2 heteroatoms. The molecule has 1 aromatic heterocycles. The molecule has 0 bridgehead atoms. The summed E-state index contributed by atoms with van der Waals surface area (Å²) in [5.41, 5.74) is 2.74. The highest BCUT2D eigenvalue weighted by Crippen LogP contribution is 2.21. The van der Waals surface area contributed by atoms with Crippen molar-refractivity contribution in [3.8, 4) is 0 Å². The summed E-state index contributed by atoms with van der Waals surface area (Å²) >= 11 is 0. The van der Waals surface area contributed by atoms with Gasteiger partial charge in [-0.2, -0.15) is 0 Å². The summed E-state index contributed by atoms with van der Waals surface area (Å²) in [6.45, 7) is 8.70. The molecule has 0 radical (unpaired) electrons. The van der Waals surface area contributed by atoms with Crippen molar-refractivity contribution in [1.82, 2.24) is 9.88 Å². The third-order valence-corrected chi connectivity index (χ3v) is 3.64. The molecule has 108 valence electrons. The maximum absolute atomic E-state index is 3.71. The summed E-state index contributed by atoms with van der Waals surface area (Å²) in [6, 6.07) is 13.4. The Morgan fingerprint density at radius 3 is 2.45 bits per heavy atom. The van der Waals surface area contributed by atoms with Crippen LogP contribution in [0.15, 0.2) is 48.8 Å². The molecule has 0 spiro atoms. The first kappa shape index (κ1) is 14.9. The van der Waals surface area contributed by atoms with Crippen LogP contribution in [0.4, 0.5) is 0 Å². The SMILES string of the molecule is CCn1ccc(CNC(CC(C)C)c2ccccc2)c1. The Balaban J connectivity index is 2.01. The summed E-state index contributed by atoms with van der Waals surface area (Å²) in [5, 5.41) is 3.71. The van der Waals surface area contributed by atoms with Gasteiger partial charge < -0.3 is 9.88 Å². The van der Waals surface area contributed by atoms with Gasteiger partial charge in [0, 0.05) is 31.5 Å². The van der Waals surface area contributed by atoms with E-state index in [1.807, 2.05) is 0 Å². The van der Waals surface area contributed by atoms with Crippen molar-refractivity contribution in [2.75, 3.05) is 0 Å². The second kappa shape index (κ2) is 7.30. The van der Waals surface area contributed by atoms with Gasteiger partial charge >= 0.3 is 0 Å². The molecule has 2 aromatic rings. The lowest BCUT2D eigenvalue weighted by Gasteiger charge is -2.21. The fourth-order valence-electron chi connectivity index (χ4n) is 2.53.